The summed E-state index contributed by atoms with van der Waals surface area (Å²) in [4.78, 5) is 31.6. The van der Waals surface area contributed by atoms with Crippen LogP contribution >= 0.6 is 0 Å². The van der Waals surface area contributed by atoms with Crippen LogP contribution in [-0.2, 0) is 9.53 Å². The second kappa shape index (κ2) is 6.59. The highest BCUT2D eigenvalue weighted by Gasteiger charge is 2.45. The number of nitrogens with zero attached hydrogens (tertiary/aromatic N) is 2. The minimum atomic E-state index is -0.918. The number of ether oxygens (including phenoxy) is 1. The van der Waals surface area contributed by atoms with Crippen LogP contribution < -0.4 is 0 Å². The number of carbonyl (C=O) groups excluding carboxylic acids is 2. The first-order valence-electron chi connectivity index (χ1n) is 8.41. The van der Waals surface area contributed by atoms with E-state index in [4.69, 9.17) is 4.74 Å². The summed E-state index contributed by atoms with van der Waals surface area (Å²) in [5.41, 5.74) is 0.225. The Morgan fingerprint density at radius 3 is 2.79 bits per heavy atom. The largest absolute Gasteiger partial charge is 0.464 e. The highest BCUT2D eigenvalue weighted by molar-refractivity contribution is 5.98. The van der Waals surface area contributed by atoms with Crippen LogP contribution in [0.3, 0.4) is 0 Å². The van der Waals surface area contributed by atoms with E-state index < -0.39 is 5.54 Å². The number of rotatable bonds is 3. The first-order chi connectivity index (χ1) is 11.6. The Morgan fingerprint density at radius 2 is 2.00 bits per heavy atom. The zero-order valence-corrected chi connectivity index (χ0v) is 14.1. The van der Waals surface area contributed by atoms with Gasteiger partial charge in [0.05, 0.1) is 12.1 Å². The smallest absolute Gasteiger partial charge is 0.331 e. The first kappa shape index (κ1) is 16.4. The van der Waals surface area contributed by atoms with E-state index in [0.717, 1.165) is 23.7 Å². The van der Waals surface area contributed by atoms with Gasteiger partial charge in [0.25, 0.3) is 5.91 Å². The average Bonchev–Trinajstić information content (AvgIpc) is 2.61. The van der Waals surface area contributed by atoms with E-state index in [1.165, 1.54) is 0 Å². The Hall–Kier alpha value is -2.43. The van der Waals surface area contributed by atoms with Gasteiger partial charge < -0.3 is 9.64 Å². The molecule has 1 aromatic heterocycles. The Morgan fingerprint density at radius 1 is 1.21 bits per heavy atom. The van der Waals surface area contributed by atoms with Gasteiger partial charge in [-0.05, 0) is 45.2 Å². The minimum absolute atomic E-state index is 0.212. The molecule has 1 fully saturated rings. The maximum atomic E-state index is 13.0. The lowest BCUT2D eigenvalue weighted by Crippen LogP contribution is -2.58. The van der Waals surface area contributed by atoms with Crippen LogP contribution in [0.15, 0.2) is 36.4 Å². The molecule has 24 heavy (non-hydrogen) atoms. The number of pyridine rings is 1. The van der Waals surface area contributed by atoms with Crippen molar-refractivity contribution in [3.8, 4) is 0 Å². The van der Waals surface area contributed by atoms with Crippen LogP contribution in [0.4, 0.5) is 0 Å². The Labute approximate surface area is 141 Å². The van der Waals surface area contributed by atoms with Gasteiger partial charge in [-0.1, -0.05) is 24.3 Å². The molecule has 1 saturated heterocycles. The second-order valence-electron chi connectivity index (χ2n) is 6.30. The fraction of sp³-hybridized carbons (Fsp3) is 0.421. The van der Waals surface area contributed by atoms with Crippen molar-refractivity contribution in [3.63, 3.8) is 0 Å². The molecule has 126 valence electrons. The van der Waals surface area contributed by atoms with Crippen molar-refractivity contribution in [3.05, 3.63) is 42.1 Å². The van der Waals surface area contributed by atoms with Crippen LogP contribution in [0.25, 0.3) is 10.9 Å². The number of benzene rings is 1. The van der Waals surface area contributed by atoms with E-state index in [1.807, 2.05) is 30.3 Å². The Bertz CT molecular complexity index is 774. The molecule has 5 heteroatoms. The van der Waals surface area contributed by atoms with Crippen molar-refractivity contribution in [2.45, 2.75) is 38.6 Å². The molecular weight excluding hydrogens is 304 g/mol. The number of amides is 1. The van der Waals surface area contributed by atoms with Crippen LogP contribution in [0.2, 0.25) is 0 Å². The van der Waals surface area contributed by atoms with E-state index in [9.17, 15) is 9.59 Å². The molecule has 2 aromatic rings. The summed E-state index contributed by atoms with van der Waals surface area (Å²) in [5.74, 6) is -0.546. The van der Waals surface area contributed by atoms with E-state index >= 15 is 0 Å². The molecule has 0 aliphatic carbocycles. The number of fused-ring (bicyclic) bond motifs is 1. The summed E-state index contributed by atoms with van der Waals surface area (Å²) in [6, 6.07) is 11.3. The zero-order chi connectivity index (χ0) is 17.2. The number of hydrogen-bond acceptors (Lipinski definition) is 4. The Balaban J connectivity index is 1.94. The third kappa shape index (κ3) is 2.86. The van der Waals surface area contributed by atoms with Gasteiger partial charge >= 0.3 is 5.97 Å². The lowest BCUT2D eigenvalue weighted by atomic mass is 9.88. The fourth-order valence-corrected chi connectivity index (χ4v) is 3.27. The van der Waals surface area contributed by atoms with E-state index in [2.05, 4.69) is 4.98 Å². The van der Waals surface area contributed by atoms with Crippen molar-refractivity contribution in [1.29, 1.82) is 0 Å². The molecule has 1 amide bonds. The molecule has 2 heterocycles. The molecule has 5 nitrogen and oxygen atoms in total. The van der Waals surface area contributed by atoms with Crippen molar-refractivity contribution >= 4 is 22.8 Å². The molecule has 1 aliphatic heterocycles. The van der Waals surface area contributed by atoms with E-state index in [0.29, 0.717) is 25.3 Å². The van der Waals surface area contributed by atoms with Crippen molar-refractivity contribution in [2.24, 2.45) is 0 Å². The van der Waals surface area contributed by atoms with Crippen molar-refractivity contribution < 1.29 is 14.3 Å². The summed E-state index contributed by atoms with van der Waals surface area (Å²) in [6.45, 7) is 4.43. The summed E-state index contributed by atoms with van der Waals surface area (Å²) in [7, 11) is 0. The highest BCUT2D eigenvalue weighted by atomic mass is 16.5. The van der Waals surface area contributed by atoms with Crippen LogP contribution in [0.5, 0.6) is 0 Å². The topological polar surface area (TPSA) is 59.5 Å². The molecule has 0 spiro atoms. The van der Waals surface area contributed by atoms with E-state index in [-0.39, 0.29) is 11.9 Å². The monoisotopic (exact) mass is 326 g/mol. The number of piperidine rings is 1. The zero-order valence-electron chi connectivity index (χ0n) is 14.1. The SMILES string of the molecule is CCOC(=O)C1(C)CCCCN1C(=O)c1ccc2ccccc2n1. The van der Waals surface area contributed by atoms with Gasteiger partial charge in [0.2, 0.25) is 0 Å². The summed E-state index contributed by atoms with van der Waals surface area (Å²) in [6.07, 6.45) is 2.41. The van der Waals surface area contributed by atoms with Gasteiger partial charge in [0.15, 0.2) is 0 Å². The average molecular weight is 326 g/mol. The van der Waals surface area contributed by atoms with Crippen LogP contribution in [0, 0.1) is 0 Å². The highest BCUT2D eigenvalue weighted by Crippen LogP contribution is 2.30. The van der Waals surface area contributed by atoms with Gasteiger partial charge in [-0.25, -0.2) is 9.78 Å². The number of para-hydroxylation sites is 1. The van der Waals surface area contributed by atoms with Gasteiger partial charge in [0.1, 0.15) is 11.2 Å². The number of aromatic nitrogens is 1. The third-order valence-corrected chi connectivity index (χ3v) is 4.67. The second-order valence-corrected chi connectivity index (χ2v) is 6.30. The van der Waals surface area contributed by atoms with Crippen molar-refractivity contribution in [2.75, 3.05) is 13.2 Å². The Kier molecular flexibility index (Phi) is 4.51. The number of esters is 1. The van der Waals surface area contributed by atoms with Crippen molar-refractivity contribution in [1.82, 2.24) is 9.88 Å². The lowest BCUT2D eigenvalue weighted by Gasteiger charge is -2.42. The van der Waals surface area contributed by atoms with Gasteiger partial charge in [0, 0.05) is 11.9 Å². The quantitative estimate of drug-likeness (QED) is 0.813. The molecule has 0 saturated carbocycles. The number of hydrogen-bond donors (Lipinski definition) is 0. The summed E-state index contributed by atoms with van der Waals surface area (Å²) < 4.78 is 5.22. The first-order valence-corrected chi connectivity index (χ1v) is 8.41. The summed E-state index contributed by atoms with van der Waals surface area (Å²) in [5, 5.41) is 0.987. The molecular formula is C19H22N2O3. The fourth-order valence-electron chi connectivity index (χ4n) is 3.27. The van der Waals surface area contributed by atoms with Crippen LogP contribution in [-0.4, -0.2) is 40.5 Å². The maximum Gasteiger partial charge on any atom is 0.331 e. The van der Waals surface area contributed by atoms with Gasteiger partial charge in [-0.3, -0.25) is 4.79 Å². The molecule has 1 unspecified atom stereocenters. The van der Waals surface area contributed by atoms with Gasteiger partial charge in [-0.15, -0.1) is 0 Å². The maximum absolute atomic E-state index is 13.0. The molecule has 0 N–H and O–H groups in total. The predicted octanol–water partition coefficient (Wildman–Crippen LogP) is 3.18. The molecule has 1 atom stereocenters. The predicted molar refractivity (Wildman–Crippen MR) is 91.7 cm³/mol. The van der Waals surface area contributed by atoms with E-state index in [1.54, 1.807) is 24.8 Å². The molecule has 0 bridgehead atoms. The molecule has 1 aromatic carbocycles. The minimum Gasteiger partial charge on any atom is -0.464 e. The van der Waals surface area contributed by atoms with Crippen LogP contribution in [0.1, 0.15) is 43.6 Å². The normalized spacial score (nSPS) is 20.8. The third-order valence-electron chi connectivity index (χ3n) is 4.67. The summed E-state index contributed by atoms with van der Waals surface area (Å²) >= 11 is 0. The number of likely N-dealkylation sites (tertiary alicyclic amines) is 1. The standard InChI is InChI=1S/C19H22N2O3/c1-3-24-18(23)19(2)12-6-7-13-21(19)17(22)16-11-10-14-8-4-5-9-15(14)20-16/h4-5,8-11H,3,6-7,12-13H2,1-2H3. The van der Waals surface area contributed by atoms with Gasteiger partial charge in [-0.2, -0.15) is 0 Å². The lowest BCUT2D eigenvalue weighted by molar-refractivity contribution is -0.157. The number of carbonyl (C=O) groups is 2. The molecule has 1 aliphatic rings. The molecule has 3 rings (SSSR count). The molecule has 0 radical (unpaired) electrons.